The molecule has 5 heteroatoms. The Balaban J connectivity index is 0.00000106. The molecule has 0 atom stereocenters. The Labute approximate surface area is 96.5 Å². The average Bonchev–Trinajstić information content (AvgIpc) is 2.32. The molecule has 0 spiro atoms. The average molecular weight is 228 g/mol. The highest BCUT2D eigenvalue weighted by Crippen LogP contribution is 2.04. The second-order valence-corrected chi connectivity index (χ2v) is 2.68. The van der Waals surface area contributed by atoms with E-state index in [0.29, 0.717) is 25.7 Å². The number of aromatic nitrogens is 2. The Morgan fingerprint density at radius 2 is 1.94 bits per heavy atom. The third kappa shape index (κ3) is 7.14. The monoisotopic (exact) mass is 228 g/mol. The van der Waals surface area contributed by atoms with Crippen LogP contribution in [0, 0.1) is 6.92 Å². The maximum absolute atomic E-state index is 8.43. The quantitative estimate of drug-likeness (QED) is 0.741. The Kier molecular flexibility index (Phi) is 9.55. The lowest BCUT2D eigenvalue weighted by atomic mass is 10.4. The maximum atomic E-state index is 8.43. The number of nitrogens with zero attached hydrogens (tertiary/aromatic N) is 2. The van der Waals surface area contributed by atoms with E-state index >= 15 is 0 Å². The highest BCUT2D eigenvalue weighted by molar-refractivity contribution is 5.11. The molecule has 0 saturated carbocycles. The Morgan fingerprint density at radius 1 is 1.19 bits per heavy atom. The van der Waals surface area contributed by atoms with Crippen LogP contribution in [0.2, 0.25) is 0 Å². The zero-order valence-electron chi connectivity index (χ0n) is 10.1. The molecule has 1 aromatic heterocycles. The van der Waals surface area contributed by atoms with Crippen molar-refractivity contribution in [2.75, 3.05) is 26.4 Å². The van der Waals surface area contributed by atoms with Crippen LogP contribution in [0.1, 0.15) is 19.5 Å². The van der Waals surface area contributed by atoms with Gasteiger partial charge in [0.05, 0.1) is 19.8 Å². The molecule has 0 aliphatic carbocycles. The molecule has 1 N–H and O–H groups in total. The fourth-order valence-electron chi connectivity index (χ4n) is 0.881. The summed E-state index contributed by atoms with van der Waals surface area (Å²) in [6.07, 6.45) is 1.46. The number of hydrogen-bond acceptors (Lipinski definition) is 5. The summed E-state index contributed by atoms with van der Waals surface area (Å²) in [5, 5.41) is 8.43. The van der Waals surface area contributed by atoms with Crippen molar-refractivity contribution in [3.63, 3.8) is 0 Å². The van der Waals surface area contributed by atoms with Crippen molar-refractivity contribution in [3.05, 3.63) is 18.1 Å². The van der Waals surface area contributed by atoms with Crippen LogP contribution < -0.4 is 4.74 Å². The summed E-state index contributed by atoms with van der Waals surface area (Å²) in [5.74, 6) is 0.546. The molecule has 0 aromatic carbocycles. The fourth-order valence-corrected chi connectivity index (χ4v) is 0.881. The molecule has 16 heavy (non-hydrogen) atoms. The third-order valence-electron chi connectivity index (χ3n) is 1.49. The van der Waals surface area contributed by atoms with Gasteiger partial charge in [-0.2, -0.15) is 0 Å². The van der Waals surface area contributed by atoms with Gasteiger partial charge in [0.15, 0.2) is 0 Å². The molecule has 0 saturated heterocycles. The Hall–Kier alpha value is -1.20. The lowest BCUT2D eigenvalue weighted by Crippen LogP contribution is -2.09. The minimum absolute atomic E-state index is 0.0343. The van der Waals surface area contributed by atoms with Crippen molar-refractivity contribution in [3.8, 4) is 5.88 Å². The molecule has 5 nitrogen and oxygen atoms in total. The Morgan fingerprint density at radius 3 is 2.56 bits per heavy atom. The van der Waals surface area contributed by atoms with Gasteiger partial charge in [-0.15, -0.1) is 0 Å². The predicted molar refractivity (Wildman–Crippen MR) is 61.5 cm³/mol. The molecule has 1 rings (SSSR count). The molecule has 0 radical (unpaired) electrons. The number of hydrogen-bond donors (Lipinski definition) is 1. The van der Waals surface area contributed by atoms with E-state index in [1.807, 2.05) is 20.8 Å². The summed E-state index contributed by atoms with van der Waals surface area (Å²) in [6.45, 7) is 7.12. The van der Waals surface area contributed by atoms with Gasteiger partial charge in [0, 0.05) is 11.8 Å². The first-order valence-electron chi connectivity index (χ1n) is 5.43. The van der Waals surface area contributed by atoms with E-state index in [0.717, 1.165) is 5.69 Å². The molecule has 0 fully saturated rings. The van der Waals surface area contributed by atoms with E-state index in [-0.39, 0.29) is 6.61 Å². The third-order valence-corrected chi connectivity index (χ3v) is 1.49. The van der Waals surface area contributed by atoms with Crippen LogP contribution in [0.5, 0.6) is 5.88 Å². The van der Waals surface area contributed by atoms with Crippen LogP contribution in [0.15, 0.2) is 12.4 Å². The van der Waals surface area contributed by atoms with Crippen molar-refractivity contribution in [2.24, 2.45) is 0 Å². The zero-order valence-corrected chi connectivity index (χ0v) is 10.1. The van der Waals surface area contributed by atoms with Crippen LogP contribution in [-0.2, 0) is 4.74 Å². The van der Waals surface area contributed by atoms with Crippen molar-refractivity contribution in [1.29, 1.82) is 0 Å². The highest BCUT2D eigenvalue weighted by Gasteiger charge is 1.95. The first kappa shape index (κ1) is 14.8. The van der Waals surface area contributed by atoms with E-state index in [1.54, 1.807) is 6.07 Å². The molecule has 1 aromatic rings. The summed E-state index contributed by atoms with van der Waals surface area (Å²) in [6, 6.07) is 1.76. The number of aryl methyl sites for hydroxylation is 1. The lowest BCUT2D eigenvalue weighted by molar-refractivity contribution is 0.0694. The minimum Gasteiger partial charge on any atom is -0.475 e. The zero-order chi connectivity index (χ0) is 12.2. The number of ether oxygens (including phenoxy) is 2. The highest BCUT2D eigenvalue weighted by atomic mass is 16.5. The van der Waals surface area contributed by atoms with Crippen molar-refractivity contribution < 1.29 is 14.6 Å². The van der Waals surface area contributed by atoms with Crippen LogP contribution in [0.25, 0.3) is 0 Å². The van der Waals surface area contributed by atoms with E-state index in [1.165, 1.54) is 6.33 Å². The summed E-state index contributed by atoms with van der Waals surface area (Å²) in [7, 11) is 0. The number of rotatable bonds is 6. The van der Waals surface area contributed by atoms with E-state index in [2.05, 4.69) is 9.97 Å². The van der Waals surface area contributed by atoms with Gasteiger partial charge < -0.3 is 14.6 Å². The summed E-state index contributed by atoms with van der Waals surface area (Å²) >= 11 is 0. The maximum Gasteiger partial charge on any atom is 0.216 e. The topological polar surface area (TPSA) is 64.5 Å². The van der Waals surface area contributed by atoms with Gasteiger partial charge in [0.2, 0.25) is 5.88 Å². The molecule has 92 valence electrons. The lowest BCUT2D eigenvalue weighted by Gasteiger charge is -2.05. The SMILES string of the molecule is CC.Cc1cc(OCCOCCO)ncn1. The normalized spacial score (nSPS) is 9.25. The molecule has 1 heterocycles. The van der Waals surface area contributed by atoms with Crippen molar-refractivity contribution >= 4 is 0 Å². The first-order chi connectivity index (χ1) is 7.83. The van der Waals surface area contributed by atoms with Crippen molar-refractivity contribution in [2.45, 2.75) is 20.8 Å². The van der Waals surface area contributed by atoms with Crippen LogP contribution in [0.3, 0.4) is 0 Å². The van der Waals surface area contributed by atoms with Gasteiger partial charge in [-0.3, -0.25) is 0 Å². The van der Waals surface area contributed by atoms with Gasteiger partial charge in [-0.05, 0) is 6.92 Å². The molecule has 0 aliphatic heterocycles. The van der Waals surface area contributed by atoms with Crippen LogP contribution >= 0.6 is 0 Å². The predicted octanol–water partition coefficient (Wildman–Crippen LogP) is 1.20. The van der Waals surface area contributed by atoms with Crippen LogP contribution in [0.4, 0.5) is 0 Å². The van der Waals surface area contributed by atoms with Crippen LogP contribution in [-0.4, -0.2) is 41.5 Å². The molecular formula is C11H20N2O3. The standard InChI is InChI=1S/C9H14N2O3.C2H6/c1-8-6-9(11-7-10-8)14-5-4-13-3-2-12;1-2/h6-7,12H,2-5H2,1H3;1-2H3. The van der Waals surface area contributed by atoms with Gasteiger partial charge in [0.25, 0.3) is 0 Å². The molecule has 0 bridgehead atoms. The Bertz CT molecular complexity index is 269. The molecule has 0 aliphatic rings. The second-order valence-electron chi connectivity index (χ2n) is 2.68. The summed E-state index contributed by atoms with van der Waals surface area (Å²) in [4.78, 5) is 7.86. The summed E-state index contributed by atoms with van der Waals surface area (Å²) < 4.78 is 10.3. The molecule has 0 amide bonds. The van der Waals surface area contributed by atoms with Gasteiger partial charge in [0.1, 0.15) is 12.9 Å². The fraction of sp³-hybridized carbons (Fsp3) is 0.636. The number of aliphatic hydroxyl groups excluding tert-OH is 1. The van der Waals surface area contributed by atoms with E-state index in [4.69, 9.17) is 14.6 Å². The van der Waals surface area contributed by atoms with E-state index in [9.17, 15) is 0 Å². The van der Waals surface area contributed by atoms with Crippen molar-refractivity contribution in [1.82, 2.24) is 9.97 Å². The minimum atomic E-state index is 0.0343. The molecule has 0 unspecified atom stereocenters. The van der Waals surface area contributed by atoms with Gasteiger partial charge in [-0.25, -0.2) is 9.97 Å². The van der Waals surface area contributed by atoms with Gasteiger partial charge >= 0.3 is 0 Å². The number of aliphatic hydroxyl groups is 1. The second kappa shape index (κ2) is 10.3. The van der Waals surface area contributed by atoms with E-state index < -0.39 is 0 Å². The summed E-state index contributed by atoms with van der Waals surface area (Å²) in [5.41, 5.74) is 0.867. The largest absolute Gasteiger partial charge is 0.475 e. The first-order valence-corrected chi connectivity index (χ1v) is 5.43. The molecular weight excluding hydrogens is 208 g/mol. The van der Waals surface area contributed by atoms with Gasteiger partial charge in [-0.1, -0.05) is 13.8 Å². The smallest absolute Gasteiger partial charge is 0.216 e.